The Balaban J connectivity index is 1.75. The number of fused-ring (bicyclic) bond motifs is 1. The third kappa shape index (κ3) is 4.58. The molecule has 33 heavy (non-hydrogen) atoms. The quantitative estimate of drug-likeness (QED) is 0.435. The maximum Gasteiger partial charge on any atom is 0.268 e. The highest BCUT2D eigenvalue weighted by atomic mass is 35.5. The van der Waals surface area contributed by atoms with Crippen LogP contribution in [0.2, 0.25) is 5.02 Å². The van der Waals surface area contributed by atoms with Crippen LogP contribution in [0.4, 0.5) is 0 Å². The van der Waals surface area contributed by atoms with Crippen LogP contribution in [-0.2, 0) is 11.2 Å². The first-order chi connectivity index (χ1) is 15.7. The maximum atomic E-state index is 13.6. The summed E-state index contributed by atoms with van der Waals surface area (Å²) in [6.45, 7) is 9.83. The summed E-state index contributed by atoms with van der Waals surface area (Å²) in [4.78, 5) is 31.3. The molecule has 1 amide bonds. The van der Waals surface area contributed by atoms with Crippen molar-refractivity contribution in [1.82, 2.24) is 24.5 Å². The molecule has 0 fully saturated rings. The summed E-state index contributed by atoms with van der Waals surface area (Å²) < 4.78 is 3.30. The number of aryl methyl sites for hydroxylation is 2. The molecule has 3 aromatic heterocycles. The van der Waals surface area contributed by atoms with Crippen LogP contribution in [0.25, 0.3) is 21.9 Å². The Bertz CT molecular complexity index is 1380. The van der Waals surface area contributed by atoms with Crippen LogP contribution in [0.3, 0.4) is 0 Å². The Hall–Kier alpha value is -2.97. The molecule has 0 aliphatic rings. The largest absolute Gasteiger partial charge is 0.353 e. The summed E-state index contributed by atoms with van der Waals surface area (Å²) in [6.07, 6.45) is 0.111. The predicted molar refractivity (Wildman–Crippen MR) is 133 cm³/mol. The van der Waals surface area contributed by atoms with Gasteiger partial charge in [-0.25, -0.2) is 9.67 Å². The van der Waals surface area contributed by atoms with E-state index in [1.807, 2.05) is 44.4 Å². The lowest BCUT2D eigenvalue weighted by molar-refractivity contribution is -0.121. The molecule has 1 N–H and O–H groups in total. The molecule has 0 spiro atoms. The average molecular weight is 484 g/mol. The van der Waals surface area contributed by atoms with Crippen molar-refractivity contribution in [2.24, 2.45) is 5.92 Å². The lowest BCUT2D eigenvalue weighted by atomic mass is 10.1. The standard InChI is InChI=1S/C24H26ClN5O2S/c1-13(2)15(4)26-21(31)11-19-12-33-24-27-16(5)22(23(32)29(19)24)20-10-14(3)30(28-20)18-8-6-17(25)7-9-18/h6-10,12-13,15H,11H2,1-5H3,(H,26,31). The van der Waals surface area contributed by atoms with E-state index in [0.717, 1.165) is 11.4 Å². The zero-order chi connectivity index (χ0) is 23.9. The molecule has 0 bridgehead atoms. The van der Waals surface area contributed by atoms with Gasteiger partial charge < -0.3 is 5.32 Å². The molecule has 4 aromatic rings. The smallest absolute Gasteiger partial charge is 0.268 e. The van der Waals surface area contributed by atoms with Crippen molar-refractivity contribution in [2.75, 3.05) is 0 Å². The minimum absolute atomic E-state index is 0.0508. The Morgan fingerprint density at radius 3 is 2.55 bits per heavy atom. The summed E-state index contributed by atoms with van der Waals surface area (Å²) in [5, 5.41) is 10.2. The molecule has 3 heterocycles. The highest BCUT2D eigenvalue weighted by Gasteiger charge is 2.20. The Labute approximate surface area is 201 Å². The summed E-state index contributed by atoms with van der Waals surface area (Å²) in [6, 6.07) is 9.27. The molecule has 1 atom stereocenters. The second-order valence-corrected chi connectivity index (χ2v) is 9.83. The van der Waals surface area contributed by atoms with Gasteiger partial charge in [0.25, 0.3) is 5.56 Å². The van der Waals surface area contributed by atoms with Crippen molar-refractivity contribution in [2.45, 2.75) is 47.1 Å². The minimum atomic E-state index is -0.223. The first kappa shape index (κ1) is 23.2. The number of aromatic nitrogens is 4. The van der Waals surface area contributed by atoms with Gasteiger partial charge in [-0.15, -0.1) is 11.3 Å². The lowest BCUT2D eigenvalue weighted by Crippen LogP contribution is -2.37. The van der Waals surface area contributed by atoms with Crippen LogP contribution in [0.1, 0.15) is 37.9 Å². The Morgan fingerprint density at radius 1 is 1.18 bits per heavy atom. The topological polar surface area (TPSA) is 81.3 Å². The van der Waals surface area contributed by atoms with Crippen LogP contribution in [0.15, 0.2) is 40.5 Å². The average Bonchev–Trinajstić information content (AvgIpc) is 3.32. The van der Waals surface area contributed by atoms with E-state index >= 15 is 0 Å². The SMILES string of the molecule is Cc1nc2scc(CC(=O)NC(C)C(C)C)n2c(=O)c1-c1cc(C)n(-c2ccc(Cl)cc2)n1. The summed E-state index contributed by atoms with van der Waals surface area (Å²) >= 11 is 7.36. The highest BCUT2D eigenvalue weighted by Crippen LogP contribution is 2.24. The first-order valence-electron chi connectivity index (χ1n) is 10.8. The number of hydrogen-bond acceptors (Lipinski definition) is 5. The van der Waals surface area contributed by atoms with Gasteiger partial charge in [-0.3, -0.25) is 14.0 Å². The van der Waals surface area contributed by atoms with Gasteiger partial charge in [0.15, 0.2) is 4.96 Å². The zero-order valence-corrected chi connectivity index (χ0v) is 20.8. The number of nitrogens with one attached hydrogen (secondary N) is 1. The van der Waals surface area contributed by atoms with Gasteiger partial charge in [0.05, 0.1) is 23.4 Å². The predicted octanol–water partition coefficient (Wildman–Crippen LogP) is 4.58. The van der Waals surface area contributed by atoms with Gasteiger partial charge in [0.1, 0.15) is 5.69 Å². The second kappa shape index (κ2) is 9.11. The van der Waals surface area contributed by atoms with Crippen LogP contribution in [0.5, 0.6) is 0 Å². The fraction of sp³-hybridized carbons (Fsp3) is 0.333. The molecular formula is C24H26ClN5O2S. The number of carbonyl (C=O) groups is 1. The van der Waals surface area contributed by atoms with Gasteiger partial charge in [-0.2, -0.15) is 5.10 Å². The number of thiazole rings is 1. The Morgan fingerprint density at radius 2 is 1.88 bits per heavy atom. The van der Waals surface area contributed by atoms with E-state index in [4.69, 9.17) is 11.6 Å². The molecule has 0 saturated carbocycles. The van der Waals surface area contributed by atoms with E-state index in [-0.39, 0.29) is 23.9 Å². The van der Waals surface area contributed by atoms with Gasteiger partial charge in [-0.05, 0) is 57.0 Å². The number of rotatable bonds is 6. The van der Waals surface area contributed by atoms with Crippen molar-refractivity contribution in [3.8, 4) is 16.9 Å². The lowest BCUT2D eigenvalue weighted by Gasteiger charge is -2.17. The van der Waals surface area contributed by atoms with Gasteiger partial charge in [0.2, 0.25) is 5.91 Å². The number of amides is 1. The van der Waals surface area contributed by atoms with E-state index in [1.165, 1.54) is 15.7 Å². The molecule has 172 valence electrons. The Kier molecular flexibility index (Phi) is 6.41. The highest BCUT2D eigenvalue weighted by molar-refractivity contribution is 7.15. The molecule has 4 rings (SSSR count). The van der Waals surface area contributed by atoms with Crippen molar-refractivity contribution >= 4 is 33.8 Å². The third-order valence-corrected chi connectivity index (χ3v) is 6.89. The van der Waals surface area contributed by atoms with Gasteiger partial charge >= 0.3 is 0 Å². The van der Waals surface area contributed by atoms with Crippen LogP contribution in [-0.4, -0.2) is 31.1 Å². The fourth-order valence-corrected chi connectivity index (χ4v) is 4.65. The molecule has 0 aliphatic carbocycles. The van der Waals surface area contributed by atoms with Crippen molar-refractivity contribution in [3.63, 3.8) is 0 Å². The molecular weight excluding hydrogens is 458 g/mol. The van der Waals surface area contributed by atoms with E-state index in [1.54, 1.807) is 16.8 Å². The minimum Gasteiger partial charge on any atom is -0.353 e. The second-order valence-electron chi connectivity index (χ2n) is 8.56. The van der Waals surface area contributed by atoms with Crippen molar-refractivity contribution in [1.29, 1.82) is 0 Å². The summed E-state index contributed by atoms with van der Waals surface area (Å²) in [5.74, 6) is 0.207. The molecule has 0 aliphatic heterocycles. The maximum absolute atomic E-state index is 13.6. The first-order valence-corrected chi connectivity index (χ1v) is 12.0. The molecule has 9 heteroatoms. The number of nitrogens with zero attached hydrogens (tertiary/aromatic N) is 4. The monoisotopic (exact) mass is 483 g/mol. The van der Waals surface area contributed by atoms with E-state index in [9.17, 15) is 9.59 Å². The van der Waals surface area contributed by atoms with Crippen LogP contribution in [0, 0.1) is 19.8 Å². The number of carbonyl (C=O) groups excluding carboxylic acids is 1. The van der Waals surface area contributed by atoms with E-state index in [2.05, 4.69) is 29.2 Å². The van der Waals surface area contributed by atoms with Gasteiger partial charge in [0, 0.05) is 27.8 Å². The number of halogens is 1. The number of hydrogen-bond donors (Lipinski definition) is 1. The van der Waals surface area contributed by atoms with E-state index in [0.29, 0.717) is 38.5 Å². The molecule has 0 saturated heterocycles. The summed E-state index contributed by atoms with van der Waals surface area (Å²) in [7, 11) is 0. The molecule has 1 aromatic carbocycles. The van der Waals surface area contributed by atoms with Crippen LogP contribution >= 0.6 is 22.9 Å². The van der Waals surface area contributed by atoms with Crippen molar-refractivity contribution in [3.05, 3.63) is 68.2 Å². The zero-order valence-electron chi connectivity index (χ0n) is 19.2. The number of benzene rings is 1. The normalized spacial score (nSPS) is 12.5. The molecule has 1 unspecified atom stereocenters. The third-order valence-electron chi connectivity index (χ3n) is 5.77. The molecule has 7 nitrogen and oxygen atoms in total. The van der Waals surface area contributed by atoms with E-state index < -0.39 is 0 Å². The van der Waals surface area contributed by atoms with Gasteiger partial charge in [-0.1, -0.05) is 25.4 Å². The molecule has 0 radical (unpaired) electrons. The summed E-state index contributed by atoms with van der Waals surface area (Å²) in [5.41, 5.74) is 3.70. The van der Waals surface area contributed by atoms with Crippen molar-refractivity contribution < 1.29 is 4.79 Å². The van der Waals surface area contributed by atoms with Crippen LogP contribution < -0.4 is 10.9 Å². The fourth-order valence-electron chi connectivity index (χ4n) is 3.60.